The number of amides is 1. The minimum absolute atomic E-state index is 0.348. The van der Waals surface area contributed by atoms with Crippen LogP contribution in [0.25, 0.3) is 0 Å². The van der Waals surface area contributed by atoms with Gasteiger partial charge < -0.3 is 4.74 Å². The van der Waals surface area contributed by atoms with Crippen molar-refractivity contribution >= 4 is 39.4 Å². The van der Waals surface area contributed by atoms with Crippen molar-refractivity contribution in [1.29, 1.82) is 0 Å². The first kappa shape index (κ1) is 24.3. The van der Waals surface area contributed by atoms with Gasteiger partial charge in [-0.1, -0.05) is 47.5 Å². The zero-order valence-electron chi connectivity index (χ0n) is 18.2. The van der Waals surface area contributed by atoms with Gasteiger partial charge in [-0.3, -0.25) is 9.10 Å². The van der Waals surface area contributed by atoms with E-state index in [1.807, 2.05) is 31.2 Å². The van der Waals surface area contributed by atoms with Gasteiger partial charge in [0.1, 0.15) is 18.9 Å². The number of hydrazone groups is 1. The van der Waals surface area contributed by atoms with Crippen LogP contribution in [0, 0.1) is 6.92 Å². The van der Waals surface area contributed by atoms with Gasteiger partial charge in [0, 0.05) is 10.6 Å². The molecule has 0 bridgehead atoms. The maximum Gasteiger partial charge on any atom is 0.260 e. The Morgan fingerprint density at radius 3 is 2.36 bits per heavy atom. The molecule has 3 aromatic carbocycles. The summed E-state index contributed by atoms with van der Waals surface area (Å²) in [5, 5.41) is 4.56. The Morgan fingerprint density at radius 1 is 1.06 bits per heavy atom. The van der Waals surface area contributed by atoms with E-state index in [0.29, 0.717) is 23.1 Å². The molecule has 7 nitrogen and oxygen atoms in total. The van der Waals surface area contributed by atoms with Crippen LogP contribution in [0.15, 0.2) is 77.9 Å². The van der Waals surface area contributed by atoms with Gasteiger partial charge in [0.2, 0.25) is 10.0 Å². The van der Waals surface area contributed by atoms with Crippen molar-refractivity contribution in [2.75, 3.05) is 17.1 Å². The smallest absolute Gasteiger partial charge is 0.260 e. The van der Waals surface area contributed by atoms with Crippen molar-refractivity contribution in [2.45, 2.75) is 13.5 Å². The second-order valence-electron chi connectivity index (χ2n) is 7.35. The lowest BCUT2D eigenvalue weighted by Gasteiger charge is -2.21. The summed E-state index contributed by atoms with van der Waals surface area (Å²) in [6, 6.07) is 21.5. The number of hydrogen-bond acceptors (Lipinski definition) is 5. The number of carbonyl (C=O) groups is 1. The minimum atomic E-state index is -3.64. The fourth-order valence-electron chi connectivity index (χ4n) is 2.88. The van der Waals surface area contributed by atoms with Crippen molar-refractivity contribution < 1.29 is 17.9 Å². The summed E-state index contributed by atoms with van der Waals surface area (Å²) in [7, 11) is -3.64. The molecule has 1 amide bonds. The highest BCUT2D eigenvalue weighted by Crippen LogP contribution is 2.19. The van der Waals surface area contributed by atoms with Gasteiger partial charge in [0.15, 0.2) is 0 Å². The SMILES string of the molecule is Cc1ccc(N(CC(=O)N/N=C\c2ccc(OCc3ccccc3Cl)cc2)S(C)(=O)=O)cc1. The Balaban J connectivity index is 1.54. The standard InChI is InChI=1S/C24H24ClN3O4S/c1-18-7-11-21(12-8-18)28(33(2,30)31)16-24(29)27-26-15-19-9-13-22(14-10-19)32-17-20-5-3-4-6-23(20)25/h3-15H,16-17H2,1-2H3,(H,27,29)/b26-15-. The van der Waals surface area contributed by atoms with Gasteiger partial charge in [0.05, 0.1) is 18.2 Å². The van der Waals surface area contributed by atoms with Crippen molar-refractivity contribution in [3.8, 4) is 5.75 Å². The van der Waals surface area contributed by atoms with Gasteiger partial charge in [-0.25, -0.2) is 13.8 Å². The van der Waals surface area contributed by atoms with Crippen LogP contribution in [0.2, 0.25) is 5.02 Å². The van der Waals surface area contributed by atoms with Crippen molar-refractivity contribution in [3.63, 3.8) is 0 Å². The number of sulfonamides is 1. The summed E-state index contributed by atoms with van der Waals surface area (Å²) in [5.41, 5.74) is 5.39. The number of hydrogen-bond donors (Lipinski definition) is 1. The van der Waals surface area contributed by atoms with Gasteiger partial charge in [0.25, 0.3) is 5.91 Å². The Labute approximate surface area is 198 Å². The van der Waals surface area contributed by atoms with Crippen LogP contribution < -0.4 is 14.5 Å². The number of aryl methyl sites for hydroxylation is 1. The quantitative estimate of drug-likeness (QED) is 0.364. The van der Waals surface area contributed by atoms with E-state index in [1.54, 1.807) is 48.5 Å². The molecule has 33 heavy (non-hydrogen) atoms. The number of rotatable bonds is 9. The highest BCUT2D eigenvalue weighted by Gasteiger charge is 2.20. The molecule has 3 aromatic rings. The van der Waals surface area contributed by atoms with Crippen LogP contribution in [0.4, 0.5) is 5.69 Å². The largest absolute Gasteiger partial charge is 0.489 e. The predicted molar refractivity (Wildman–Crippen MR) is 131 cm³/mol. The molecule has 0 fully saturated rings. The van der Waals surface area contributed by atoms with Crippen LogP contribution in [0.1, 0.15) is 16.7 Å². The zero-order chi connectivity index (χ0) is 23.8. The lowest BCUT2D eigenvalue weighted by atomic mass is 10.2. The van der Waals surface area contributed by atoms with Crippen LogP contribution in [0.3, 0.4) is 0 Å². The average molecular weight is 486 g/mol. The first-order chi connectivity index (χ1) is 15.7. The molecule has 0 saturated heterocycles. The zero-order valence-corrected chi connectivity index (χ0v) is 19.8. The number of halogens is 1. The van der Waals surface area contributed by atoms with E-state index in [4.69, 9.17) is 16.3 Å². The van der Waals surface area contributed by atoms with E-state index in [1.165, 1.54) is 6.21 Å². The van der Waals surface area contributed by atoms with Gasteiger partial charge in [-0.2, -0.15) is 5.10 Å². The molecular weight excluding hydrogens is 462 g/mol. The van der Waals surface area contributed by atoms with Gasteiger partial charge >= 0.3 is 0 Å². The topological polar surface area (TPSA) is 88.1 Å². The first-order valence-electron chi connectivity index (χ1n) is 10.0. The Bertz CT molecular complexity index is 1230. The molecule has 0 unspecified atom stereocenters. The summed E-state index contributed by atoms with van der Waals surface area (Å²) in [6.07, 6.45) is 2.52. The summed E-state index contributed by atoms with van der Waals surface area (Å²) in [5.74, 6) is 0.106. The molecule has 0 saturated carbocycles. The second kappa shape index (κ2) is 11.0. The van der Waals surface area contributed by atoms with Crippen LogP contribution in [0.5, 0.6) is 5.75 Å². The normalized spacial score (nSPS) is 11.4. The molecule has 172 valence electrons. The lowest BCUT2D eigenvalue weighted by molar-refractivity contribution is -0.119. The van der Waals surface area contributed by atoms with Crippen LogP contribution in [-0.4, -0.2) is 33.3 Å². The highest BCUT2D eigenvalue weighted by molar-refractivity contribution is 7.92. The molecule has 0 aliphatic carbocycles. The second-order valence-corrected chi connectivity index (χ2v) is 9.66. The number of benzene rings is 3. The van der Waals surface area contributed by atoms with E-state index in [-0.39, 0.29) is 6.54 Å². The summed E-state index contributed by atoms with van der Waals surface area (Å²) >= 11 is 6.13. The number of carbonyl (C=O) groups excluding carboxylic acids is 1. The molecule has 9 heteroatoms. The average Bonchev–Trinajstić information content (AvgIpc) is 2.78. The van der Waals surface area contributed by atoms with Gasteiger partial charge in [-0.15, -0.1) is 0 Å². The molecule has 0 atom stereocenters. The third-order valence-corrected chi connectivity index (χ3v) is 6.15. The first-order valence-corrected chi connectivity index (χ1v) is 12.3. The Kier molecular flexibility index (Phi) is 8.08. The third kappa shape index (κ3) is 7.34. The van der Waals surface area contributed by atoms with Crippen LogP contribution in [-0.2, 0) is 21.4 Å². The van der Waals surface area contributed by atoms with Crippen LogP contribution >= 0.6 is 11.6 Å². The number of nitrogens with one attached hydrogen (secondary N) is 1. The van der Waals surface area contributed by atoms with E-state index >= 15 is 0 Å². The molecule has 0 radical (unpaired) electrons. The summed E-state index contributed by atoms with van der Waals surface area (Å²) < 4.78 is 31.0. The van der Waals surface area contributed by atoms with Crippen molar-refractivity contribution in [3.05, 3.63) is 94.5 Å². The van der Waals surface area contributed by atoms with Crippen molar-refractivity contribution in [2.24, 2.45) is 5.10 Å². The molecular formula is C24H24ClN3O4S. The fraction of sp³-hybridized carbons (Fsp3) is 0.167. The monoisotopic (exact) mass is 485 g/mol. The summed E-state index contributed by atoms with van der Waals surface area (Å²) in [4.78, 5) is 12.3. The maximum atomic E-state index is 12.3. The number of anilines is 1. The highest BCUT2D eigenvalue weighted by atomic mass is 35.5. The Morgan fingerprint density at radius 2 is 1.73 bits per heavy atom. The number of ether oxygens (including phenoxy) is 1. The molecule has 3 rings (SSSR count). The predicted octanol–water partition coefficient (Wildman–Crippen LogP) is 4.14. The molecule has 0 aliphatic rings. The minimum Gasteiger partial charge on any atom is -0.489 e. The van der Waals surface area contributed by atoms with E-state index in [0.717, 1.165) is 27.3 Å². The molecule has 0 spiro atoms. The molecule has 0 aromatic heterocycles. The number of nitrogens with zero attached hydrogens (tertiary/aromatic N) is 2. The van der Waals surface area contributed by atoms with Gasteiger partial charge in [-0.05, 0) is 55.0 Å². The van der Waals surface area contributed by atoms with Crippen molar-refractivity contribution in [1.82, 2.24) is 5.43 Å². The molecule has 0 heterocycles. The Hall–Kier alpha value is -3.36. The fourth-order valence-corrected chi connectivity index (χ4v) is 3.93. The van der Waals surface area contributed by atoms with E-state index in [2.05, 4.69) is 10.5 Å². The lowest BCUT2D eigenvalue weighted by Crippen LogP contribution is -2.39. The van der Waals surface area contributed by atoms with E-state index in [9.17, 15) is 13.2 Å². The van der Waals surface area contributed by atoms with E-state index < -0.39 is 15.9 Å². The summed E-state index contributed by atoms with van der Waals surface area (Å²) in [6.45, 7) is 1.86. The third-order valence-electron chi connectivity index (χ3n) is 4.64. The molecule has 1 N–H and O–H groups in total. The molecule has 0 aliphatic heterocycles. The maximum absolute atomic E-state index is 12.3.